The number of carbonyl (C=O) groups is 1. The van der Waals surface area contributed by atoms with E-state index in [-0.39, 0.29) is 28.9 Å². The molecule has 0 bridgehead atoms. The van der Waals surface area contributed by atoms with Crippen molar-refractivity contribution >= 4 is 5.97 Å². The monoisotopic (exact) mass is 460 g/mol. The molecule has 1 atom stereocenters. The maximum Gasteiger partial charge on any atom is 0.351 e. The van der Waals surface area contributed by atoms with Crippen LogP contribution < -0.4 is 14.2 Å². The Morgan fingerprint density at radius 1 is 0.848 bits per heavy atom. The van der Waals surface area contributed by atoms with Gasteiger partial charge in [0.15, 0.2) is 5.60 Å². The van der Waals surface area contributed by atoms with Gasteiger partial charge in [0.25, 0.3) is 0 Å². The first-order chi connectivity index (χ1) is 15.9. The number of ether oxygens (including phenoxy) is 5. The van der Waals surface area contributed by atoms with Crippen molar-refractivity contribution < 1.29 is 37.3 Å². The molecule has 0 fully saturated rings. The van der Waals surface area contributed by atoms with Crippen LogP contribution in [0.4, 0.5) is 8.78 Å². The largest absolute Gasteiger partial charge is 0.481 e. The number of carbonyl (C=O) groups excluding carboxylic acids is 1. The summed E-state index contributed by atoms with van der Waals surface area (Å²) in [5, 5.41) is 0. The van der Waals surface area contributed by atoms with Crippen LogP contribution in [0.25, 0.3) is 0 Å². The highest BCUT2D eigenvalue weighted by Crippen LogP contribution is 2.41. The van der Waals surface area contributed by atoms with E-state index < -0.39 is 29.3 Å². The van der Waals surface area contributed by atoms with Gasteiger partial charge in [0.05, 0.1) is 27.4 Å². The third-order valence-corrected chi connectivity index (χ3v) is 4.95. The van der Waals surface area contributed by atoms with Gasteiger partial charge in [0.2, 0.25) is 17.9 Å². The second-order valence-electron chi connectivity index (χ2n) is 6.66. The van der Waals surface area contributed by atoms with E-state index in [0.29, 0.717) is 0 Å². The molecule has 1 aromatic heterocycles. The van der Waals surface area contributed by atoms with Gasteiger partial charge in [-0.15, -0.1) is 0 Å². The van der Waals surface area contributed by atoms with Crippen LogP contribution in [-0.2, 0) is 19.9 Å². The average molecular weight is 460 g/mol. The Balaban J connectivity index is 2.30. The van der Waals surface area contributed by atoms with E-state index in [9.17, 15) is 4.79 Å². The lowest BCUT2D eigenvalue weighted by Gasteiger charge is -2.38. The molecule has 1 unspecified atom stereocenters. The quantitative estimate of drug-likeness (QED) is 0.450. The first kappa shape index (κ1) is 23.9. The van der Waals surface area contributed by atoms with E-state index in [2.05, 4.69) is 9.97 Å². The molecule has 0 aliphatic heterocycles. The summed E-state index contributed by atoms with van der Waals surface area (Å²) in [7, 11) is 5.03. The van der Waals surface area contributed by atoms with Crippen LogP contribution in [0, 0.1) is 11.6 Å². The lowest BCUT2D eigenvalue weighted by molar-refractivity contribution is -0.165. The number of hydrogen-bond acceptors (Lipinski definition) is 8. The fourth-order valence-electron chi connectivity index (χ4n) is 3.43. The highest BCUT2D eigenvalue weighted by atomic mass is 19.1. The smallest absolute Gasteiger partial charge is 0.351 e. The van der Waals surface area contributed by atoms with Gasteiger partial charge in [-0.3, -0.25) is 0 Å². The van der Waals surface area contributed by atoms with Gasteiger partial charge in [0, 0.05) is 18.2 Å². The number of benzene rings is 2. The van der Waals surface area contributed by atoms with E-state index in [4.69, 9.17) is 23.7 Å². The minimum Gasteiger partial charge on any atom is -0.481 e. The lowest BCUT2D eigenvalue weighted by atomic mass is 9.80. The number of aromatic nitrogens is 2. The summed E-state index contributed by atoms with van der Waals surface area (Å²) in [4.78, 5) is 21.1. The maximum atomic E-state index is 15.1. The Labute approximate surface area is 189 Å². The molecule has 0 spiro atoms. The van der Waals surface area contributed by atoms with Crippen LogP contribution in [0.5, 0.6) is 17.8 Å². The normalized spacial score (nSPS) is 12.1. The zero-order chi connectivity index (χ0) is 24.0. The fourth-order valence-corrected chi connectivity index (χ4v) is 3.43. The zero-order valence-electron chi connectivity index (χ0n) is 18.4. The minimum absolute atomic E-state index is 0.0697. The SMILES string of the molecule is COC(=O)C(Oc1nc(OC)cc(OC)n1)C(OC)(c1ccccc1F)c1ccccc1F. The first-order valence-electron chi connectivity index (χ1n) is 9.68. The molecular weight excluding hydrogens is 438 g/mol. The second kappa shape index (κ2) is 10.2. The van der Waals surface area contributed by atoms with Crippen LogP contribution in [0.15, 0.2) is 54.6 Å². The summed E-state index contributed by atoms with van der Waals surface area (Å²) in [6.07, 6.45) is -1.78. The van der Waals surface area contributed by atoms with Gasteiger partial charge in [-0.1, -0.05) is 36.4 Å². The predicted molar refractivity (Wildman–Crippen MR) is 112 cm³/mol. The van der Waals surface area contributed by atoms with Crippen LogP contribution in [0.1, 0.15) is 11.1 Å². The standard InChI is InChI=1S/C23H22F2N2O6/c1-29-18-13-19(30-2)27-22(26-18)33-20(21(28)31-3)23(32-4,14-9-5-7-11-16(14)24)15-10-6-8-12-17(15)25/h5-13,20H,1-4H3. The number of hydrogen-bond donors (Lipinski definition) is 0. The van der Waals surface area contributed by atoms with Gasteiger partial charge in [-0.25, -0.2) is 13.6 Å². The summed E-state index contributed by atoms with van der Waals surface area (Å²) in [5.74, 6) is -2.37. The molecule has 0 N–H and O–H groups in total. The average Bonchev–Trinajstić information content (AvgIpc) is 2.85. The lowest BCUT2D eigenvalue weighted by Crippen LogP contribution is -2.52. The molecule has 0 saturated carbocycles. The van der Waals surface area contributed by atoms with Crippen LogP contribution in [0.3, 0.4) is 0 Å². The molecule has 10 heteroatoms. The number of esters is 1. The second-order valence-corrected chi connectivity index (χ2v) is 6.66. The molecule has 2 aromatic carbocycles. The van der Waals surface area contributed by atoms with Crippen molar-refractivity contribution in [3.8, 4) is 17.8 Å². The van der Waals surface area contributed by atoms with E-state index in [1.807, 2.05) is 0 Å². The highest BCUT2D eigenvalue weighted by molar-refractivity contribution is 5.78. The molecule has 3 rings (SSSR count). The molecule has 3 aromatic rings. The Morgan fingerprint density at radius 3 is 1.73 bits per heavy atom. The molecular formula is C23H22F2N2O6. The Morgan fingerprint density at radius 2 is 1.33 bits per heavy atom. The van der Waals surface area contributed by atoms with Crippen molar-refractivity contribution in [1.29, 1.82) is 0 Å². The van der Waals surface area contributed by atoms with Crippen molar-refractivity contribution in [3.63, 3.8) is 0 Å². The third-order valence-electron chi connectivity index (χ3n) is 4.95. The van der Waals surface area contributed by atoms with Crippen molar-refractivity contribution in [1.82, 2.24) is 9.97 Å². The fraction of sp³-hybridized carbons (Fsp3) is 0.261. The van der Waals surface area contributed by atoms with E-state index in [1.54, 1.807) is 0 Å². The summed E-state index contributed by atoms with van der Waals surface area (Å²) >= 11 is 0. The molecule has 1 heterocycles. The number of methoxy groups -OCH3 is 4. The maximum absolute atomic E-state index is 15.1. The summed E-state index contributed by atoms with van der Waals surface area (Å²) < 4.78 is 56.9. The summed E-state index contributed by atoms with van der Waals surface area (Å²) in [6.45, 7) is 0. The molecule has 8 nitrogen and oxygen atoms in total. The topological polar surface area (TPSA) is 89.0 Å². The van der Waals surface area contributed by atoms with Crippen molar-refractivity contribution in [2.75, 3.05) is 28.4 Å². The molecule has 33 heavy (non-hydrogen) atoms. The van der Waals surface area contributed by atoms with Crippen LogP contribution >= 0.6 is 0 Å². The van der Waals surface area contributed by atoms with E-state index >= 15 is 8.78 Å². The Hall–Kier alpha value is -3.79. The number of nitrogens with zero attached hydrogens (tertiary/aromatic N) is 2. The summed E-state index contributed by atoms with van der Waals surface area (Å²) in [5.41, 5.74) is -2.45. The van der Waals surface area contributed by atoms with Gasteiger partial charge in [-0.05, 0) is 12.1 Å². The van der Waals surface area contributed by atoms with Gasteiger partial charge in [0.1, 0.15) is 11.6 Å². The Kier molecular flexibility index (Phi) is 7.39. The molecule has 0 aliphatic rings. The Bertz CT molecular complexity index is 1060. The van der Waals surface area contributed by atoms with Gasteiger partial charge >= 0.3 is 12.0 Å². The van der Waals surface area contributed by atoms with Gasteiger partial charge < -0.3 is 23.7 Å². The number of halogens is 2. The molecule has 0 radical (unpaired) electrons. The van der Waals surface area contributed by atoms with E-state index in [0.717, 1.165) is 19.2 Å². The number of rotatable bonds is 9. The third kappa shape index (κ3) is 4.56. The van der Waals surface area contributed by atoms with Crippen molar-refractivity contribution in [3.05, 3.63) is 77.4 Å². The highest BCUT2D eigenvalue weighted by Gasteiger charge is 2.52. The molecule has 0 saturated heterocycles. The summed E-state index contributed by atoms with van der Waals surface area (Å²) in [6, 6.07) is 12.0. The zero-order valence-corrected chi connectivity index (χ0v) is 18.4. The molecule has 0 aliphatic carbocycles. The van der Waals surface area contributed by atoms with Crippen LogP contribution in [-0.4, -0.2) is 50.5 Å². The molecule has 0 amide bonds. The predicted octanol–water partition coefficient (Wildman–Crippen LogP) is 3.28. The van der Waals surface area contributed by atoms with E-state index in [1.165, 1.54) is 63.8 Å². The molecule has 174 valence electrons. The van der Waals surface area contributed by atoms with Crippen LogP contribution in [0.2, 0.25) is 0 Å². The minimum atomic E-state index is -2.12. The first-order valence-corrected chi connectivity index (χ1v) is 9.68. The van der Waals surface area contributed by atoms with Gasteiger partial charge in [-0.2, -0.15) is 9.97 Å². The van der Waals surface area contributed by atoms with Crippen molar-refractivity contribution in [2.45, 2.75) is 11.7 Å². The van der Waals surface area contributed by atoms with Crippen molar-refractivity contribution in [2.24, 2.45) is 0 Å².